The van der Waals surface area contributed by atoms with Crippen LogP contribution in [0.15, 0.2) is 11.6 Å². The third-order valence-corrected chi connectivity index (χ3v) is 14.8. The molecule has 0 aromatic carbocycles. The molecule has 0 heterocycles. The minimum atomic E-state index is -0.240. The van der Waals surface area contributed by atoms with Gasteiger partial charge in [0.05, 0.1) is 11.5 Å². The summed E-state index contributed by atoms with van der Waals surface area (Å²) >= 11 is 0. The van der Waals surface area contributed by atoms with Crippen molar-refractivity contribution < 1.29 is 9.90 Å². The van der Waals surface area contributed by atoms with Crippen molar-refractivity contribution in [2.75, 3.05) is 13.1 Å². The minimum Gasteiger partial charge on any atom is -0.393 e. The highest BCUT2D eigenvalue weighted by Gasteiger charge is 2.69. The second-order valence-electron chi connectivity index (χ2n) is 16.6. The Balaban J connectivity index is 1.46. The maximum Gasteiger partial charge on any atom is 0.226 e. The van der Waals surface area contributed by atoms with Crippen LogP contribution in [0.5, 0.6) is 0 Å². The number of nitrogens with two attached hydrogens (primary N) is 1. The molecule has 0 radical (unpaired) electrons. The fraction of sp³-hybridized carbons (Fsp3) is 0.917. The molecule has 1 amide bonds. The van der Waals surface area contributed by atoms with Crippen LogP contribution in [0.25, 0.3) is 0 Å². The van der Waals surface area contributed by atoms with Crippen molar-refractivity contribution in [1.82, 2.24) is 5.32 Å². The molecule has 0 aromatic heterocycles. The topological polar surface area (TPSA) is 75.4 Å². The number of aliphatic hydroxyl groups is 1. The Hall–Kier alpha value is -0.870. The first kappa shape index (κ1) is 30.6. The maximum atomic E-state index is 14.2. The number of carbonyl (C=O) groups excluding carboxylic acids is 1. The van der Waals surface area contributed by atoms with Crippen molar-refractivity contribution in [1.29, 1.82) is 0 Å². The van der Waals surface area contributed by atoms with Crippen molar-refractivity contribution in [3.63, 3.8) is 0 Å². The fourth-order valence-corrected chi connectivity index (χ4v) is 11.9. The van der Waals surface area contributed by atoms with E-state index in [-0.39, 0.29) is 33.2 Å². The minimum absolute atomic E-state index is 0.0172. The summed E-state index contributed by atoms with van der Waals surface area (Å²) in [7, 11) is 0. The number of amides is 1. The summed E-state index contributed by atoms with van der Waals surface area (Å²) in [6.45, 7) is 19.0. The average Bonchev–Trinajstić information content (AvgIpc) is 2.91. The van der Waals surface area contributed by atoms with E-state index in [1.54, 1.807) is 5.57 Å². The van der Waals surface area contributed by atoms with Gasteiger partial charge in [0, 0.05) is 6.54 Å². The lowest BCUT2D eigenvalue weighted by Gasteiger charge is -2.71. The van der Waals surface area contributed by atoms with Gasteiger partial charge in [-0.05, 0) is 128 Å². The van der Waals surface area contributed by atoms with Gasteiger partial charge in [-0.2, -0.15) is 0 Å². The van der Waals surface area contributed by atoms with E-state index in [1.165, 1.54) is 19.3 Å². The van der Waals surface area contributed by atoms with Crippen LogP contribution in [0.2, 0.25) is 0 Å². The van der Waals surface area contributed by atoms with E-state index < -0.39 is 0 Å². The maximum absolute atomic E-state index is 14.2. The molecule has 228 valence electrons. The van der Waals surface area contributed by atoms with E-state index in [9.17, 15) is 9.90 Å². The van der Waals surface area contributed by atoms with Crippen LogP contribution in [-0.2, 0) is 4.79 Å². The molecule has 0 aromatic rings. The van der Waals surface area contributed by atoms with Gasteiger partial charge in [0.25, 0.3) is 0 Å². The van der Waals surface area contributed by atoms with Gasteiger partial charge in [0.2, 0.25) is 5.91 Å². The van der Waals surface area contributed by atoms with E-state index in [2.05, 4.69) is 59.9 Å². The number of fused-ring (bicyclic) bond motifs is 7. The third-order valence-electron chi connectivity index (χ3n) is 14.8. The molecule has 5 aliphatic rings. The SMILES string of the molecule is C[C@H]1[C@H](C)CC[C@]2(C(=O)NCCCCCCN)CC[C@]3(C)C(=CC[C@@H]4[C@@]5(C)CC[C@H](O)C(C)(C)[C@@H]5CC[C@]43C)[C@H]12. The Morgan fingerprint density at radius 1 is 0.925 bits per heavy atom. The summed E-state index contributed by atoms with van der Waals surface area (Å²) in [5.41, 5.74) is 7.73. The summed E-state index contributed by atoms with van der Waals surface area (Å²) < 4.78 is 0. The van der Waals surface area contributed by atoms with Crippen LogP contribution in [0.4, 0.5) is 0 Å². The van der Waals surface area contributed by atoms with Crippen LogP contribution in [0.3, 0.4) is 0 Å². The molecule has 0 unspecified atom stereocenters. The number of hydrogen-bond acceptors (Lipinski definition) is 3. The van der Waals surface area contributed by atoms with Gasteiger partial charge in [-0.1, -0.05) is 73.0 Å². The second kappa shape index (κ2) is 10.7. The zero-order chi connectivity index (χ0) is 29.1. The van der Waals surface area contributed by atoms with Gasteiger partial charge < -0.3 is 16.2 Å². The summed E-state index contributed by atoms with van der Waals surface area (Å²) in [6, 6.07) is 0. The predicted molar refractivity (Wildman–Crippen MR) is 166 cm³/mol. The molecule has 0 spiro atoms. The number of allylic oxidation sites excluding steroid dienone is 2. The van der Waals surface area contributed by atoms with Crippen molar-refractivity contribution in [3.05, 3.63) is 11.6 Å². The molecule has 10 atom stereocenters. The molecule has 4 saturated carbocycles. The number of nitrogens with one attached hydrogen (secondary N) is 1. The first-order valence-corrected chi connectivity index (χ1v) is 17.2. The molecular formula is C36H62N2O2. The Morgan fingerprint density at radius 3 is 2.38 bits per heavy atom. The van der Waals surface area contributed by atoms with Crippen LogP contribution in [0.1, 0.15) is 132 Å². The Bertz CT molecular complexity index is 989. The van der Waals surface area contributed by atoms with Crippen LogP contribution in [-0.4, -0.2) is 30.2 Å². The highest BCUT2D eigenvalue weighted by Crippen LogP contribution is 2.75. The number of carbonyl (C=O) groups is 1. The lowest BCUT2D eigenvalue weighted by Crippen LogP contribution is -2.66. The van der Waals surface area contributed by atoms with Gasteiger partial charge in [0.15, 0.2) is 0 Å². The molecule has 40 heavy (non-hydrogen) atoms. The molecule has 0 saturated heterocycles. The lowest BCUT2D eigenvalue weighted by atomic mass is 9.33. The molecule has 4 N–H and O–H groups in total. The Kier molecular flexibility index (Phi) is 8.17. The van der Waals surface area contributed by atoms with Crippen molar-refractivity contribution in [2.24, 2.45) is 62.4 Å². The first-order valence-electron chi connectivity index (χ1n) is 17.2. The van der Waals surface area contributed by atoms with Gasteiger partial charge in [-0.25, -0.2) is 0 Å². The normalized spacial score (nSPS) is 47.7. The third kappa shape index (κ3) is 4.30. The predicted octanol–water partition coefficient (Wildman–Crippen LogP) is 7.64. The zero-order valence-electron chi connectivity index (χ0n) is 27.1. The van der Waals surface area contributed by atoms with Crippen LogP contribution in [0, 0.1) is 56.7 Å². The van der Waals surface area contributed by atoms with Crippen molar-refractivity contribution >= 4 is 5.91 Å². The summed E-state index contributed by atoms with van der Waals surface area (Å²) in [6.07, 6.45) is 17.1. The van der Waals surface area contributed by atoms with Gasteiger partial charge in [-0.15, -0.1) is 0 Å². The number of aliphatic hydroxyl groups excluding tert-OH is 1. The average molecular weight is 555 g/mol. The molecule has 5 aliphatic carbocycles. The van der Waals surface area contributed by atoms with Gasteiger partial charge >= 0.3 is 0 Å². The van der Waals surface area contributed by atoms with Crippen molar-refractivity contribution in [3.8, 4) is 0 Å². The second-order valence-corrected chi connectivity index (χ2v) is 16.6. The smallest absolute Gasteiger partial charge is 0.226 e. The molecular weight excluding hydrogens is 492 g/mol. The van der Waals surface area contributed by atoms with E-state index in [1.807, 2.05) is 0 Å². The zero-order valence-corrected chi connectivity index (χ0v) is 27.1. The lowest BCUT2D eigenvalue weighted by molar-refractivity contribution is -0.204. The quantitative estimate of drug-likeness (QED) is 0.224. The van der Waals surface area contributed by atoms with E-state index >= 15 is 0 Å². The number of hydrogen-bond donors (Lipinski definition) is 3. The molecule has 4 fully saturated rings. The first-order chi connectivity index (χ1) is 18.8. The van der Waals surface area contributed by atoms with E-state index in [0.717, 1.165) is 77.3 Å². The summed E-state index contributed by atoms with van der Waals surface area (Å²) in [5, 5.41) is 14.5. The van der Waals surface area contributed by atoms with Gasteiger partial charge in [0.1, 0.15) is 0 Å². The monoisotopic (exact) mass is 554 g/mol. The number of unbranched alkanes of at least 4 members (excludes halogenated alkanes) is 3. The van der Waals surface area contributed by atoms with E-state index in [4.69, 9.17) is 5.73 Å². The Labute approximate surface area is 246 Å². The van der Waals surface area contributed by atoms with Crippen LogP contribution >= 0.6 is 0 Å². The van der Waals surface area contributed by atoms with Crippen molar-refractivity contribution in [2.45, 2.75) is 138 Å². The molecule has 0 bridgehead atoms. The fourth-order valence-electron chi connectivity index (χ4n) is 11.9. The summed E-state index contributed by atoms with van der Waals surface area (Å²) in [5.74, 6) is 3.12. The van der Waals surface area contributed by atoms with Gasteiger partial charge in [-0.3, -0.25) is 4.79 Å². The summed E-state index contributed by atoms with van der Waals surface area (Å²) in [4.78, 5) is 14.2. The van der Waals surface area contributed by atoms with Crippen LogP contribution < -0.4 is 11.1 Å². The molecule has 0 aliphatic heterocycles. The Morgan fingerprint density at radius 2 is 1.65 bits per heavy atom. The number of rotatable bonds is 7. The molecule has 4 heteroatoms. The largest absolute Gasteiger partial charge is 0.393 e. The highest BCUT2D eigenvalue weighted by molar-refractivity contribution is 5.84. The standard InChI is InChI=1S/C36H62N2O2/c1-24-14-19-36(31(40)38-23-11-9-8-10-22-37)21-20-34(6)26(30(36)25(24)2)12-13-28-33(5)17-16-29(39)32(3,4)27(33)15-18-35(28,34)7/h12,24-25,27-30,39H,8-11,13-23,37H2,1-7H3,(H,38,40)/t24-,25+,27+,28-,29+,30+,33+,34-,35-,36+/m1/s1. The molecule has 4 nitrogen and oxygen atoms in total. The van der Waals surface area contributed by atoms with E-state index in [0.29, 0.717) is 35.5 Å². The highest BCUT2D eigenvalue weighted by atomic mass is 16.3. The molecule has 5 rings (SSSR count).